The largest absolute Gasteiger partial charge is 0.409 e. The van der Waals surface area contributed by atoms with Gasteiger partial charge in [-0.05, 0) is 26.8 Å². The van der Waals surface area contributed by atoms with Gasteiger partial charge in [-0.15, -0.1) is 0 Å². The topological polar surface area (TPSA) is 71.1 Å². The van der Waals surface area contributed by atoms with E-state index < -0.39 is 0 Å². The molecule has 5 heteroatoms. The normalized spacial score (nSPS) is 28.6. The summed E-state index contributed by atoms with van der Waals surface area (Å²) in [5.74, 6) is 0.349. The summed E-state index contributed by atoms with van der Waals surface area (Å²) in [6.45, 7) is 5.75. The zero-order chi connectivity index (χ0) is 12.1. The second-order valence-electron chi connectivity index (χ2n) is 4.79. The molecule has 0 aromatic heterocycles. The standard InChI is InChI=1S/C11H23N3O2/c1-8(11(12)13-15)6-14(3)7-10-5-4-9(2)16-10/h8-10,15H,4-7H2,1-3H3,(H2,12,13). The average molecular weight is 229 g/mol. The lowest BCUT2D eigenvalue weighted by Gasteiger charge is -2.23. The molecule has 0 amide bonds. The number of nitrogens with two attached hydrogens (primary N) is 1. The molecule has 1 rings (SSSR count). The van der Waals surface area contributed by atoms with Gasteiger partial charge in [0.25, 0.3) is 0 Å². The molecule has 1 aliphatic rings. The fourth-order valence-corrected chi connectivity index (χ4v) is 2.10. The monoisotopic (exact) mass is 229 g/mol. The van der Waals surface area contributed by atoms with E-state index in [9.17, 15) is 0 Å². The van der Waals surface area contributed by atoms with E-state index in [1.54, 1.807) is 0 Å². The van der Waals surface area contributed by atoms with Crippen molar-refractivity contribution in [1.29, 1.82) is 0 Å². The lowest BCUT2D eigenvalue weighted by molar-refractivity contribution is 0.0355. The molecule has 3 unspecified atom stereocenters. The molecule has 0 spiro atoms. The van der Waals surface area contributed by atoms with E-state index >= 15 is 0 Å². The number of likely N-dealkylation sites (N-methyl/N-ethyl adjacent to an activating group) is 1. The number of oxime groups is 1. The minimum Gasteiger partial charge on any atom is -0.409 e. The molecular formula is C11H23N3O2. The van der Waals surface area contributed by atoms with Crippen molar-refractivity contribution in [3.8, 4) is 0 Å². The van der Waals surface area contributed by atoms with Crippen LogP contribution < -0.4 is 5.73 Å². The molecule has 3 atom stereocenters. The smallest absolute Gasteiger partial charge is 0.143 e. The van der Waals surface area contributed by atoms with Gasteiger partial charge in [0.1, 0.15) is 5.84 Å². The van der Waals surface area contributed by atoms with Crippen LogP contribution in [0.5, 0.6) is 0 Å². The summed E-state index contributed by atoms with van der Waals surface area (Å²) < 4.78 is 5.75. The SMILES string of the molecule is CC1CCC(CN(C)CC(C)C(N)=NO)O1. The maximum atomic E-state index is 8.56. The first-order chi connectivity index (χ1) is 7.52. The summed E-state index contributed by atoms with van der Waals surface area (Å²) in [4.78, 5) is 2.17. The van der Waals surface area contributed by atoms with E-state index in [1.807, 2.05) is 14.0 Å². The number of hydrogen-bond acceptors (Lipinski definition) is 4. The Labute approximate surface area is 97.2 Å². The van der Waals surface area contributed by atoms with E-state index in [-0.39, 0.29) is 11.8 Å². The third-order valence-corrected chi connectivity index (χ3v) is 3.04. The van der Waals surface area contributed by atoms with Crippen LogP contribution >= 0.6 is 0 Å². The van der Waals surface area contributed by atoms with Crippen molar-refractivity contribution in [2.45, 2.75) is 38.9 Å². The van der Waals surface area contributed by atoms with Crippen LogP contribution in [-0.2, 0) is 4.74 Å². The van der Waals surface area contributed by atoms with Crippen LogP contribution in [0.4, 0.5) is 0 Å². The summed E-state index contributed by atoms with van der Waals surface area (Å²) in [5.41, 5.74) is 5.54. The Morgan fingerprint density at radius 2 is 2.31 bits per heavy atom. The van der Waals surface area contributed by atoms with E-state index in [2.05, 4.69) is 17.0 Å². The third-order valence-electron chi connectivity index (χ3n) is 3.04. The number of nitrogens with zero attached hydrogens (tertiary/aromatic N) is 2. The van der Waals surface area contributed by atoms with E-state index in [0.29, 0.717) is 12.2 Å². The second kappa shape index (κ2) is 6.06. The summed E-state index contributed by atoms with van der Waals surface area (Å²) in [5, 5.41) is 11.6. The van der Waals surface area contributed by atoms with E-state index in [0.717, 1.165) is 25.9 Å². The van der Waals surface area contributed by atoms with Gasteiger partial charge in [0.15, 0.2) is 0 Å². The predicted molar refractivity (Wildman–Crippen MR) is 63.6 cm³/mol. The summed E-state index contributed by atoms with van der Waals surface area (Å²) in [6, 6.07) is 0. The molecule has 94 valence electrons. The van der Waals surface area contributed by atoms with E-state index in [1.165, 1.54) is 0 Å². The Hall–Kier alpha value is -0.810. The lowest BCUT2D eigenvalue weighted by Crippen LogP contribution is -2.36. The van der Waals surface area contributed by atoms with Crippen molar-refractivity contribution in [2.75, 3.05) is 20.1 Å². The fraction of sp³-hybridized carbons (Fsp3) is 0.909. The van der Waals surface area contributed by atoms with Crippen LogP contribution in [0.2, 0.25) is 0 Å². The van der Waals surface area contributed by atoms with Crippen molar-refractivity contribution in [3.63, 3.8) is 0 Å². The Balaban J connectivity index is 2.27. The number of hydrogen-bond donors (Lipinski definition) is 2. The lowest BCUT2D eigenvalue weighted by atomic mass is 10.1. The molecule has 1 heterocycles. The number of rotatable bonds is 5. The fourth-order valence-electron chi connectivity index (χ4n) is 2.10. The maximum absolute atomic E-state index is 8.56. The van der Waals surface area contributed by atoms with Gasteiger partial charge < -0.3 is 20.6 Å². The van der Waals surface area contributed by atoms with Gasteiger partial charge in [0.2, 0.25) is 0 Å². The number of ether oxygens (including phenoxy) is 1. The Morgan fingerprint density at radius 3 is 2.81 bits per heavy atom. The van der Waals surface area contributed by atoms with Crippen LogP contribution in [0, 0.1) is 5.92 Å². The Bertz CT molecular complexity index is 245. The van der Waals surface area contributed by atoms with Gasteiger partial charge >= 0.3 is 0 Å². The highest BCUT2D eigenvalue weighted by atomic mass is 16.5. The van der Waals surface area contributed by atoms with Crippen LogP contribution in [0.15, 0.2) is 5.16 Å². The van der Waals surface area contributed by atoms with Gasteiger partial charge in [0, 0.05) is 19.0 Å². The molecule has 1 aliphatic heterocycles. The molecule has 0 saturated carbocycles. The molecule has 5 nitrogen and oxygen atoms in total. The van der Waals surface area contributed by atoms with Crippen LogP contribution in [0.25, 0.3) is 0 Å². The molecular weight excluding hydrogens is 206 g/mol. The van der Waals surface area contributed by atoms with Crippen molar-refractivity contribution >= 4 is 5.84 Å². The van der Waals surface area contributed by atoms with Crippen molar-refractivity contribution in [3.05, 3.63) is 0 Å². The maximum Gasteiger partial charge on any atom is 0.143 e. The quantitative estimate of drug-likeness (QED) is 0.317. The highest BCUT2D eigenvalue weighted by Gasteiger charge is 2.23. The zero-order valence-electron chi connectivity index (χ0n) is 10.4. The molecule has 0 bridgehead atoms. The highest BCUT2D eigenvalue weighted by molar-refractivity contribution is 5.82. The Kier molecular flexibility index (Phi) is 5.02. The van der Waals surface area contributed by atoms with Gasteiger partial charge in [0.05, 0.1) is 12.2 Å². The van der Waals surface area contributed by atoms with Crippen LogP contribution in [0.3, 0.4) is 0 Å². The molecule has 0 aromatic rings. The first-order valence-electron chi connectivity index (χ1n) is 5.84. The highest BCUT2D eigenvalue weighted by Crippen LogP contribution is 2.19. The molecule has 0 radical (unpaired) electrons. The van der Waals surface area contributed by atoms with Crippen molar-refractivity contribution in [2.24, 2.45) is 16.8 Å². The summed E-state index contributed by atoms with van der Waals surface area (Å²) >= 11 is 0. The molecule has 1 saturated heterocycles. The molecule has 0 aromatic carbocycles. The van der Waals surface area contributed by atoms with Gasteiger partial charge in [-0.3, -0.25) is 0 Å². The molecule has 0 aliphatic carbocycles. The van der Waals surface area contributed by atoms with Crippen LogP contribution in [-0.4, -0.2) is 48.3 Å². The first-order valence-corrected chi connectivity index (χ1v) is 5.84. The minimum absolute atomic E-state index is 0.0637. The molecule has 16 heavy (non-hydrogen) atoms. The summed E-state index contributed by atoms with van der Waals surface area (Å²) in [7, 11) is 2.04. The predicted octanol–water partition coefficient (Wildman–Crippen LogP) is 0.868. The van der Waals surface area contributed by atoms with Gasteiger partial charge in [-0.2, -0.15) is 0 Å². The third kappa shape index (κ3) is 3.98. The van der Waals surface area contributed by atoms with E-state index in [4.69, 9.17) is 15.7 Å². The van der Waals surface area contributed by atoms with Crippen molar-refractivity contribution < 1.29 is 9.94 Å². The Morgan fingerprint density at radius 1 is 1.62 bits per heavy atom. The second-order valence-corrected chi connectivity index (χ2v) is 4.79. The average Bonchev–Trinajstić information content (AvgIpc) is 2.62. The minimum atomic E-state index is 0.0637. The summed E-state index contributed by atoms with van der Waals surface area (Å²) in [6.07, 6.45) is 3.00. The molecule has 1 fully saturated rings. The van der Waals surface area contributed by atoms with Crippen LogP contribution in [0.1, 0.15) is 26.7 Å². The van der Waals surface area contributed by atoms with Gasteiger partial charge in [-0.25, -0.2) is 0 Å². The zero-order valence-corrected chi connectivity index (χ0v) is 10.4. The number of amidine groups is 1. The van der Waals surface area contributed by atoms with Gasteiger partial charge in [-0.1, -0.05) is 12.1 Å². The van der Waals surface area contributed by atoms with Crippen molar-refractivity contribution in [1.82, 2.24) is 4.90 Å². The molecule has 3 N–H and O–H groups in total. The first kappa shape index (κ1) is 13.3.